The smallest absolute Gasteiger partial charge is 0.143 e. The highest BCUT2D eigenvalue weighted by Gasteiger charge is 2.19. The van der Waals surface area contributed by atoms with Gasteiger partial charge >= 0.3 is 0 Å². The fourth-order valence-corrected chi connectivity index (χ4v) is 3.72. The standard InChI is InChI=1S/C27H28FNO3/c1-4-17(2)27-24(14-13-21(31)16-22(32)15-18(3)30)26(19-9-11-20(28)12-10-19)23-7-5-6-8-25(23)29-27/h5-14,17,21,30-31H,3-4,15-16H2,1-2H3/b14-13+. The van der Waals surface area contributed by atoms with Crippen molar-refractivity contribution in [2.24, 2.45) is 0 Å². The number of pyridine rings is 1. The van der Waals surface area contributed by atoms with Gasteiger partial charge in [0.25, 0.3) is 0 Å². The fraction of sp³-hybridized carbons (Fsp3) is 0.259. The molecule has 0 aliphatic rings. The zero-order chi connectivity index (χ0) is 23.3. The van der Waals surface area contributed by atoms with E-state index in [1.165, 1.54) is 12.1 Å². The number of benzene rings is 2. The number of aliphatic hydroxyl groups is 2. The number of fused-ring (bicyclic) bond motifs is 1. The van der Waals surface area contributed by atoms with Gasteiger partial charge < -0.3 is 10.2 Å². The molecule has 166 valence electrons. The van der Waals surface area contributed by atoms with E-state index in [9.17, 15) is 19.4 Å². The van der Waals surface area contributed by atoms with Crippen LogP contribution in [0.1, 0.15) is 50.3 Å². The SMILES string of the molecule is C=C(O)CC(=O)CC(O)/C=C/c1c(C(C)CC)nc2ccccc2c1-c1ccc(F)cc1. The number of aliphatic hydroxyl groups excluding tert-OH is 2. The number of allylic oxidation sites excluding steroid dienone is 1. The van der Waals surface area contributed by atoms with Crippen molar-refractivity contribution in [2.75, 3.05) is 0 Å². The van der Waals surface area contributed by atoms with Crippen LogP contribution in [0, 0.1) is 5.82 Å². The Bertz CT molecular complexity index is 1150. The predicted octanol–water partition coefficient (Wildman–Crippen LogP) is 6.35. The minimum Gasteiger partial charge on any atom is -0.512 e. The van der Waals surface area contributed by atoms with Gasteiger partial charge in [0.05, 0.1) is 29.5 Å². The van der Waals surface area contributed by atoms with Gasteiger partial charge in [-0.25, -0.2) is 4.39 Å². The molecule has 0 spiro atoms. The van der Waals surface area contributed by atoms with Gasteiger partial charge in [-0.05, 0) is 36.1 Å². The Hall–Kier alpha value is -3.31. The first-order valence-electron chi connectivity index (χ1n) is 10.7. The van der Waals surface area contributed by atoms with Crippen LogP contribution in [0.3, 0.4) is 0 Å². The Morgan fingerprint density at radius 2 is 1.88 bits per heavy atom. The summed E-state index contributed by atoms with van der Waals surface area (Å²) in [5.74, 6) is -0.685. The molecular weight excluding hydrogens is 405 g/mol. The molecule has 5 heteroatoms. The van der Waals surface area contributed by atoms with Crippen LogP contribution in [0.25, 0.3) is 28.1 Å². The van der Waals surface area contributed by atoms with Crippen molar-refractivity contribution >= 4 is 22.8 Å². The molecule has 2 aromatic carbocycles. The Morgan fingerprint density at radius 3 is 2.53 bits per heavy atom. The van der Waals surface area contributed by atoms with E-state index < -0.39 is 6.10 Å². The monoisotopic (exact) mass is 433 g/mol. The summed E-state index contributed by atoms with van der Waals surface area (Å²) in [6.07, 6.45) is 2.92. The summed E-state index contributed by atoms with van der Waals surface area (Å²) >= 11 is 0. The van der Waals surface area contributed by atoms with Crippen LogP contribution in [0.2, 0.25) is 0 Å². The Labute approximate surface area is 187 Å². The molecule has 4 nitrogen and oxygen atoms in total. The first-order chi connectivity index (χ1) is 15.3. The van der Waals surface area contributed by atoms with Crippen molar-refractivity contribution in [3.63, 3.8) is 0 Å². The molecule has 2 N–H and O–H groups in total. The van der Waals surface area contributed by atoms with Crippen LogP contribution < -0.4 is 0 Å². The molecule has 0 saturated heterocycles. The van der Waals surface area contributed by atoms with Crippen LogP contribution in [0.15, 0.2) is 66.9 Å². The molecule has 3 rings (SSSR count). The number of ketones is 1. The maximum absolute atomic E-state index is 13.6. The van der Waals surface area contributed by atoms with Crippen LogP contribution in [0.4, 0.5) is 4.39 Å². The lowest BCUT2D eigenvalue weighted by molar-refractivity contribution is -0.120. The zero-order valence-corrected chi connectivity index (χ0v) is 18.4. The van der Waals surface area contributed by atoms with E-state index >= 15 is 0 Å². The van der Waals surface area contributed by atoms with Gasteiger partial charge in [-0.3, -0.25) is 9.78 Å². The molecule has 32 heavy (non-hydrogen) atoms. The van der Waals surface area contributed by atoms with E-state index in [1.807, 2.05) is 24.3 Å². The third-order valence-corrected chi connectivity index (χ3v) is 5.49. The Kier molecular flexibility index (Phi) is 7.54. The average Bonchev–Trinajstić information content (AvgIpc) is 2.76. The molecule has 1 heterocycles. The second-order valence-electron chi connectivity index (χ2n) is 8.03. The number of rotatable bonds is 9. The van der Waals surface area contributed by atoms with E-state index in [1.54, 1.807) is 24.3 Å². The molecule has 2 unspecified atom stereocenters. The number of aromatic nitrogens is 1. The molecule has 3 aromatic rings. The lowest BCUT2D eigenvalue weighted by Crippen LogP contribution is -2.11. The molecule has 0 saturated carbocycles. The van der Waals surface area contributed by atoms with Crippen molar-refractivity contribution in [1.29, 1.82) is 0 Å². The van der Waals surface area contributed by atoms with Gasteiger partial charge in [0.2, 0.25) is 0 Å². The third kappa shape index (κ3) is 5.48. The number of para-hydroxylation sites is 1. The minimum absolute atomic E-state index is 0.123. The molecule has 0 aliphatic carbocycles. The summed E-state index contributed by atoms with van der Waals surface area (Å²) in [7, 11) is 0. The van der Waals surface area contributed by atoms with Crippen molar-refractivity contribution < 1.29 is 19.4 Å². The summed E-state index contributed by atoms with van der Waals surface area (Å²) in [5.41, 5.74) is 4.31. The molecule has 0 bridgehead atoms. The van der Waals surface area contributed by atoms with E-state index in [0.717, 1.165) is 39.7 Å². The summed E-state index contributed by atoms with van der Waals surface area (Å²) in [5, 5.41) is 20.5. The number of nitrogens with zero attached hydrogens (tertiary/aromatic N) is 1. The molecule has 2 atom stereocenters. The normalized spacial score (nSPS) is 13.4. The van der Waals surface area contributed by atoms with Gasteiger partial charge in [0.1, 0.15) is 11.6 Å². The Morgan fingerprint density at radius 1 is 1.19 bits per heavy atom. The quantitative estimate of drug-likeness (QED) is 0.386. The van der Waals surface area contributed by atoms with Crippen molar-refractivity contribution in [3.8, 4) is 11.1 Å². The topological polar surface area (TPSA) is 70.4 Å². The summed E-state index contributed by atoms with van der Waals surface area (Å²) in [4.78, 5) is 16.8. The second-order valence-corrected chi connectivity index (χ2v) is 8.03. The number of hydrogen-bond acceptors (Lipinski definition) is 4. The molecule has 1 aromatic heterocycles. The van der Waals surface area contributed by atoms with Crippen LogP contribution in [-0.4, -0.2) is 27.1 Å². The Balaban J connectivity index is 2.15. The highest BCUT2D eigenvalue weighted by molar-refractivity contribution is 5.99. The maximum Gasteiger partial charge on any atom is 0.143 e. The van der Waals surface area contributed by atoms with Crippen molar-refractivity contribution in [1.82, 2.24) is 4.98 Å². The predicted molar refractivity (Wildman–Crippen MR) is 127 cm³/mol. The molecule has 0 radical (unpaired) electrons. The number of halogens is 1. The zero-order valence-electron chi connectivity index (χ0n) is 18.4. The number of hydrogen-bond donors (Lipinski definition) is 2. The summed E-state index contributed by atoms with van der Waals surface area (Å²) < 4.78 is 13.6. The number of Topliss-reactive ketones (excluding diaryl/α,β-unsaturated/α-hetero) is 1. The van der Waals surface area contributed by atoms with E-state index in [0.29, 0.717) is 0 Å². The van der Waals surface area contributed by atoms with E-state index in [4.69, 9.17) is 4.98 Å². The second kappa shape index (κ2) is 10.3. The minimum atomic E-state index is -1.01. The number of carbonyl (C=O) groups is 1. The summed E-state index contributed by atoms with van der Waals surface area (Å²) in [6.45, 7) is 7.49. The highest BCUT2D eigenvalue weighted by Crippen LogP contribution is 2.37. The lowest BCUT2D eigenvalue weighted by atomic mass is 9.89. The molecule has 0 amide bonds. The van der Waals surface area contributed by atoms with E-state index in [2.05, 4.69) is 20.4 Å². The van der Waals surface area contributed by atoms with Gasteiger partial charge in [-0.2, -0.15) is 0 Å². The van der Waals surface area contributed by atoms with Crippen molar-refractivity contribution in [3.05, 3.63) is 84.0 Å². The maximum atomic E-state index is 13.6. The van der Waals surface area contributed by atoms with Gasteiger partial charge in [-0.1, -0.05) is 62.9 Å². The highest BCUT2D eigenvalue weighted by atomic mass is 19.1. The third-order valence-electron chi connectivity index (χ3n) is 5.49. The van der Waals surface area contributed by atoms with Crippen LogP contribution in [0.5, 0.6) is 0 Å². The first-order valence-corrected chi connectivity index (χ1v) is 10.7. The largest absolute Gasteiger partial charge is 0.512 e. The lowest BCUT2D eigenvalue weighted by Gasteiger charge is -2.19. The van der Waals surface area contributed by atoms with Gasteiger partial charge in [0, 0.05) is 22.9 Å². The molecule has 0 aliphatic heterocycles. The fourth-order valence-electron chi connectivity index (χ4n) is 3.72. The van der Waals surface area contributed by atoms with Crippen molar-refractivity contribution in [2.45, 2.75) is 45.1 Å². The van der Waals surface area contributed by atoms with Crippen LogP contribution in [-0.2, 0) is 4.79 Å². The van der Waals surface area contributed by atoms with Gasteiger partial charge in [-0.15, -0.1) is 0 Å². The van der Waals surface area contributed by atoms with Crippen LogP contribution >= 0.6 is 0 Å². The number of carbonyl (C=O) groups excluding carboxylic acids is 1. The molecule has 0 fully saturated rings. The summed E-state index contributed by atoms with van der Waals surface area (Å²) in [6, 6.07) is 14.1. The molecular formula is C27H28FNO3. The first kappa shape index (κ1) is 23.4. The average molecular weight is 434 g/mol. The van der Waals surface area contributed by atoms with Gasteiger partial charge in [0.15, 0.2) is 0 Å². The van der Waals surface area contributed by atoms with E-state index in [-0.39, 0.29) is 36.1 Å².